The Kier molecular flexibility index (Phi) is 2.68. The number of hydrogen-bond donors (Lipinski definition) is 0. The topological polar surface area (TPSA) is 38.9 Å². The summed E-state index contributed by atoms with van der Waals surface area (Å²) in [6.45, 7) is 3.33. The first kappa shape index (κ1) is 10.5. The molecule has 5 heteroatoms. The van der Waals surface area contributed by atoms with Crippen LogP contribution in [0.1, 0.15) is 11.7 Å². The monoisotopic (exact) mass is 231 g/mol. The summed E-state index contributed by atoms with van der Waals surface area (Å²) in [6, 6.07) is 2.55. The SMILES string of the molecule is Cn1cncc1CCN1CC(n2cccn2)C1. The molecule has 0 N–H and O–H groups in total. The van der Waals surface area contributed by atoms with E-state index in [4.69, 9.17) is 0 Å². The molecular weight excluding hydrogens is 214 g/mol. The highest BCUT2D eigenvalue weighted by molar-refractivity contribution is 4.99. The Labute approximate surface area is 101 Å². The van der Waals surface area contributed by atoms with Crippen molar-refractivity contribution in [1.29, 1.82) is 0 Å². The largest absolute Gasteiger partial charge is 0.338 e. The maximum atomic E-state index is 4.27. The van der Waals surface area contributed by atoms with Crippen LogP contribution in [0.3, 0.4) is 0 Å². The van der Waals surface area contributed by atoms with Crippen molar-refractivity contribution in [3.8, 4) is 0 Å². The summed E-state index contributed by atoms with van der Waals surface area (Å²) in [4.78, 5) is 6.59. The molecule has 1 fully saturated rings. The molecule has 0 amide bonds. The van der Waals surface area contributed by atoms with Crippen molar-refractivity contribution in [2.45, 2.75) is 12.5 Å². The number of rotatable bonds is 4. The van der Waals surface area contributed by atoms with Crippen molar-refractivity contribution in [1.82, 2.24) is 24.2 Å². The van der Waals surface area contributed by atoms with Gasteiger partial charge in [-0.05, 0) is 6.07 Å². The van der Waals surface area contributed by atoms with Gasteiger partial charge in [-0.25, -0.2) is 4.98 Å². The van der Waals surface area contributed by atoms with Gasteiger partial charge in [0.1, 0.15) is 0 Å². The molecule has 17 heavy (non-hydrogen) atoms. The molecule has 90 valence electrons. The minimum Gasteiger partial charge on any atom is -0.338 e. The average Bonchev–Trinajstić information content (AvgIpc) is 2.88. The molecule has 1 saturated heterocycles. The van der Waals surface area contributed by atoms with Crippen LogP contribution in [0, 0.1) is 0 Å². The van der Waals surface area contributed by atoms with Crippen molar-refractivity contribution in [3.05, 3.63) is 36.7 Å². The quantitative estimate of drug-likeness (QED) is 0.778. The predicted octanol–water partition coefficient (Wildman–Crippen LogP) is 0.716. The van der Waals surface area contributed by atoms with Crippen LogP contribution in [0.4, 0.5) is 0 Å². The fourth-order valence-corrected chi connectivity index (χ4v) is 2.29. The summed E-state index contributed by atoms with van der Waals surface area (Å²) in [5, 5.41) is 4.27. The van der Waals surface area contributed by atoms with Crippen LogP contribution < -0.4 is 0 Å². The minimum atomic E-state index is 0.566. The number of hydrogen-bond acceptors (Lipinski definition) is 3. The van der Waals surface area contributed by atoms with E-state index in [9.17, 15) is 0 Å². The first-order chi connectivity index (χ1) is 8.33. The van der Waals surface area contributed by atoms with Crippen molar-refractivity contribution < 1.29 is 0 Å². The zero-order valence-electron chi connectivity index (χ0n) is 10.0. The first-order valence-electron chi connectivity index (χ1n) is 5.99. The third-order valence-electron chi connectivity index (χ3n) is 3.44. The van der Waals surface area contributed by atoms with Crippen LogP contribution in [-0.2, 0) is 13.5 Å². The van der Waals surface area contributed by atoms with Crippen molar-refractivity contribution in [3.63, 3.8) is 0 Å². The maximum absolute atomic E-state index is 4.27. The molecule has 5 nitrogen and oxygen atoms in total. The molecule has 0 bridgehead atoms. The summed E-state index contributed by atoms with van der Waals surface area (Å²) in [5.74, 6) is 0. The molecule has 2 aromatic rings. The van der Waals surface area contributed by atoms with E-state index >= 15 is 0 Å². The van der Waals surface area contributed by atoms with E-state index in [1.54, 1.807) is 0 Å². The van der Waals surface area contributed by atoms with E-state index in [0.29, 0.717) is 6.04 Å². The van der Waals surface area contributed by atoms with Gasteiger partial charge in [-0.2, -0.15) is 5.10 Å². The van der Waals surface area contributed by atoms with Crippen LogP contribution in [0.15, 0.2) is 31.0 Å². The van der Waals surface area contributed by atoms with Gasteiger partial charge in [0.25, 0.3) is 0 Å². The van der Waals surface area contributed by atoms with E-state index in [-0.39, 0.29) is 0 Å². The molecule has 0 aromatic carbocycles. The van der Waals surface area contributed by atoms with Crippen LogP contribution in [0.25, 0.3) is 0 Å². The van der Waals surface area contributed by atoms with Crippen LogP contribution in [0.2, 0.25) is 0 Å². The fourth-order valence-electron chi connectivity index (χ4n) is 2.29. The Morgan fingerprint density at radius 1 is 1.41 bits per heavy atom. The van der Waals surface area contributed by atoms with E-state index in [1.807, 2.05) is 38.0 Å². The molecule has 3 heterocycles. The Morgan fingerprint density at radius 3 is 2.94 bits per heavy atom. The number of likely N-dealkylation sites (tertiary alicyclic amines) is 1. The van der Waals surface area contributed by atoms with Crippen LogP contribution in [0.5, 0.6) is 0 Å². The van der Waals surface area contributed by atoms with Crippen LogP contribution in [-0.4, -0.2) is 43.9 Å². The fraction of sp³-hybridized carbons (Fsp3) is 0.500. The Morgan fingerprint density at radius 2 is 2.29 bits per heavy atom. The van der Waals surface area contributed by atoms with Crippen molar-refractivity contribution in [2.24, 2.45) is 7.05 Å². The van der Waals surface area contributed by atoms with Crippen molar-refractivity contribution >= 4 is 0 Å². The molecule has 0 unspecified atom stereocenters. The van der Waals surface area contributed by atoms with Crippen molar-refractivity contribution in [2.75, 3.05) is 19.6 Å². The second kappa shape index (κ2) is 4.33. The predicted molar refractivity (Wildman–Crippen MR) is 64.6 cm³/mol. The molecule has 0 radical (unpaired) electrons. The zero-order valence-corrected chi connectivity index (χ0v) is 10.0. The molecule has 0 aliphatic carbocycles. The lowest BCUT2D eigenvalue weighted by molar-refractivity contribution is 0.0996. The smallest absolute Gasteiger partial charge is 0.0945 e. The molecule has 0 spiro atoms. The molecule has 0 saturated carbocycles. The Balaban J connectivity index is 1.46. The summed E-state index contributed by atoms with van der Waals surface area (Å²) < 4.78 is 4.14. The molecule has 1 aliphatic heterocycles. The lowest BCUT2D eigenvalue weighted by Gasteiger charge is -2.39. The molecule has 0 atom stereocenters. The van der Waals surface area contributed by atoms with Gasteiger partial charge >= 0.3 is 0 Å². The Hall–Kier alpha value is -1.62. The van der Waals surface area contributed by atoms with Crippen LogP contribution >= 0.6 is 0 Å². The van der Waals surface area contributed by atoms with Gasteiger partial charge in [0.05, 0.1) is 12.4 Å². The van der Waals surface area contributed by atoms with Gasteiger partial charge in [-0.1, -0.05) is 0 Å². The molecular formula is C12H17N5. The van der Waals surface area contributed by atoms with E-state index in [2.05, 4.69) is 24.2 Å². The lowest BCUT2D eigenvalue weighted by Crippen LogP contribution is -2.48. The number of aromatic nitrogens is 4. The summed E-state index contributed by atoms with van der Waals surface area (Å²) in [7, 11) is 2.05. The third-order valence-corrected chi connectivity index (χ3v) is 3.44. The summed E-state index contributed by atoms with van der Waals surface area (Å²) >= 11 is 0. The Bertz CT molecular complexity index is 467. The van der Waals surface area contributed by atoms with Gasteiger partial charge < -0.3 is 4.57 Å². The highest BCUT2D eigenvalue weighted by Crippen LogP contribution is 2.19. The number of imidazole rings is 1. The van der Waals surface area contributed by atoms with Gasteiger partial charge in [0, 0.05) is 57.4 Å². The molecule has 2 aromatic heterocycles. The highest BCUT2D eigenvalue weighted by atomic mass is 15.4. The first-order valence-corrected chi connectivity index (χ1v) is 5.99. The van der Waals surface area contributed by atoms with E-state index < -0.39 is 0 Å². The lowest BCUT2D eigenvalue weighted by atomic mass is 10.1. The van der Waals surface area contributed by atoms with Gasteiger partial charge in [-0.15, -0.1) is 0 Å². The molecule has 3 rings (SSSR count). The van der Waals surface area contributed by atoms with E-state index in [1.165, 1.54) is 5.69 Å². The number of nitrogens with zero attached hydrogens (tertiary/aromatic N) is 5. The van der Waals surface area contributed by atoms with Gasteiger partial charge in [0.15, 0.2) is 0 Å². The van der Waals surface area contributed by atoms with Gasteiger partial charge in [-0.3, -0.25) is 9.58 Å². The normalized spacial score (nSPS) is 17.2. The zero-order chi connectivity index (χ0) is 11.7. The summed E-state index contributed by atoms with van der Waals surface area (Å²) in [5.41, 5.74) is 1.30. The second-order valence-corrected chi connectivity index (χ2v) is 4.65. The summed E-state index contributed by atoms with van der Waals surface area (Å²) in [6.07, 6.45) is 8.77. The minimum absolute atomic E-state index is 0.566. The molecule has 1 aliphatic rings. The number of aryl methyl sites for hydroxylation is 1. The standard InChI is InChI=1S/C12H17N5/c1-15-10-13-7-11(15)3-6-16-8-12(9-16)17-5-2-4-14-17/h2,4-5,7,10,12H,3,6,8-9H2,1H3. The second-order valence-electron chi connectivity index (χ2n) is 4.65. The third kappa shape index (κ3) is 2.10. The van der Waals surface area contributed by atoms with E-state index in [0.717, 1.165) is 26.1 Å². The highest BCUT2D eigenvalue weighted by Gasteiger charge is 2.27. The van der Waals surface area contributed by atoms with Gasteiger partial charge in [0.2, 0.25) is 0 Å². The average molecular weight is 231 g/mol. The maximum Gasteiger partial charge on any atom is 0.0945 e.